The molecule has 1 amide bonds. The predicted octanol–water partition coefficient (Wildman–Crippen LogP) is 4.09. The van der Waals surface area contributed by atoms with Gasteiger partial charge in [-0.3, -0.25) is 4.79 Å². The van der Waals surface area contributed by atoms with Crippen molar-refractivity contribution < 1.29 is 9.90 Å². The number of hydrogen-bond donors (Lipinski definition) is 2. The van der Waals surface area contributed by atoms with Gasteiger partial charge in [0.2, 0.25) is 0 Å². The van der Waals surface area contributed by atoms with E-state index in [4.69, 9.17) is 10.1 Å². The van der Waals surface area contributed by atoms with Crippen molar-refractivity contribution in [2.75, 3.05) is 24.6 Å². The molecular formula is C27H29N3O2. The number of aliphatic hydroxyl groups is 1. The molecular weight excluding hydrogens is 398 g/mol. The Kier molecular flexibility index (Phi) is 6.72. The fourth-order valence-electron chi connectivity index (χ4n) is 4.38. The van der Waals surface area contributed by atoms with Crippen LogP contribution in [0.2, 0.25) is 0 Å². The van der Waals surface area contributed by atoms with Gasteiger partial charge < -0.3 is 15.3 Å². The first-order valence-electron chi connectivity index (χ1n) is 11.2. The molecule has 2 N–H and O–H groups in total. The minimum absolute atomic E-state index is 0.114. The van der Waals surface area contributed by atoms with Crippen molar-refractivity contribution in [2.45, 2.75) is 38.1 Å². The molecule has 164 valence electrons. The second-order valence-corrected chi connectivity index (χ2v) is 8.36. The van der Waals surface area contributed by atoms with Crippen molar-refractivity contribution in [3.8, 4) is 11.8 Å². The zero-order chi connectivity index (χ0) is 22.4. The molecule has 1 aliphatic heterocycles. The summed E-state index contributed by atoms with van der Waals surface area (Å²) in [5.74, 6) is 7.39. The molecule has 1 fully saturated rings. The van der Waals surface area contributed by atoms with Gasteiger partial charge in [-0.05, 0) is 55.3 Å². The van der Waals surface area contributed by atoms with Gasteiger partial charge >= 0.3 is 0 Å². The number of carbonyl (C=O) groups excluding carboxylic acids is 1. The fourth-order valence-corrected chi connectivity index (χ4v) is 4.38. The average Bonchev–Trinajstić information content (AvgIpc) is 2.82. The standard InChI is InChI=1S/C27H29N3O2/c1-21-10-8-13-22-14-17-28-25(24(21)22)30-18-9-16-27(20-30,15-6-3-7-19-31)29-26(32)23-11-4-2-5-12-23/h2,4-5,8,10-14,17,31H,3,7,9,16,18-20H2,1H3,(H,29,32)/t27-/m0/s1. The molecule has 5 heteroatoms. The molecule has 0 bridgehead atoms. The van der Waals surface area contributed by atoms with E-state index in [9.17, 15) is 4.79 Å². The van der Waals surface area contributed by atoms with E-state index >= 15 is 0 Å². The van der Waals surface area contributed by atoms with Crippen LogP contribution >= 0.6 is 0 Å². The Morgan fingerprint density at radius 2 is 2.03 bits per heavy atom. The van der Waals surface area contributed by atoms with Crippen LogP contribution in [-0.2, 0) is 0 Å². The van der Waals surface area contributed by atoms with Crippen LogP contribution in [-0.4, -0.2) is 41.2 Å². The van der Waals surface area contributed by atoms with Gasteiger partial charge in [0.1, 0.15) is 11.4 Å². The summed E-state index contributed by atoms with van der Waals surface area (Å²) in [5.41, 5.74) is 1.14. The summed E-state index contributed by atoms with van der Waals surface area (Å²) in [6.45, 7) is 3.65. The van der Waals surface area contributed by atoms with Crippen molar-refractivity contribution in [1.82, 2.24) is 10.3 Å². The van der Waals surface area contributed by atoms with E-state index in [1.165, 1.54) is 5.56 Å². The van der Waals surface area contributed by atoms with Gasteiger partial charge in [0.05, 0.1) is 6.54 Å². The highest BCUT2D eigenvalue weighted by molar-refractivity contribution is 5.96. The van der Waals surface area contributed by atoms with Crippen LogP contribution in [0.25, 0.3) is 10.8 Å². The molecule has 1 atom stereocenters. The summed E-state index contributed by atoms with van der Waals surface area (Å²) in [6.07, 6.45) is 4.75. The summed E-state index contributed by atoms with van der Waals surface area (Å²) >= 11 is 0. The predicted molar refractivity (Wildman–Crippen MR) is 129 cm³/mol. The fraction of sp³-hybridized carbons (Fsp3) is 0.333. The number of pyridine rings is 1. The van der Waals surface area contributed by atoms with Crippen molar-refractivity contribution in [3.63, 3.8) is 0 Å². The maximum absolute atomic E-state index is 13.1. The van der Waals surface area contributed by atoms with E-state index in [1.54, 1.807) is 0 Å². The highest BCUT2D eigenvalue weighted by Gasteiger charge is 2.36. The number of unbranched alkanes of at least 4 members (excludes halogenated alkanes) is 1. The van der Waals surface area contributed by atoms with E-state index < -0.39 is 5.54 Å². The lowest BCUT2D eigenvalue weighted by Gasteiger charge is -2.41. The Balaban J connectivity index is 1.68. The zero-order valence-corrected chi connectivity index (χ0v) is 18.5. The summed E-state index contributed by atoms with van der Waals surface area (Å²) in [4.78, 5) is 20.1. The molecule has 3 aromatic rings. The molecule has 1 aromatic heterocycles. The molecule has 1 aliphatic rings. The van der Waals surface area contributed by atoms with Crippen molar-refractivity contribution in [1.29, 1.82) is 0 Å². The number of anilines is 1. The number of aromatic nitrogens is 1. The molecule has 0 radical (unpaired) electrons. The van der Waals surface area contributed by atoms with E-state index in [0.717, 1.165) is 36.0 Å². The van der Waals surface area contributed by atoms with Crippen LogP contribution < -0.4 is 10.2 Å². The largest absolute Gasteiger partial charge is 0.396 e. The number of amides is 1. The maximum Gasteiger partial charge on any atom is 0.252 e. The van der Waals surface area contributed by atoms with Crippen LogP contribution in [0.3, 0.4) is 0 Å². The highest BCUT2D eigenvalue weighted by Crippen LogP contribution is 2.32. The van der Waals surface area contributed by atoms with Crippen molar-refractivity contribution in [2.24, 2.45) is 0 Å². The Labute approximate surface area is 189 Å². The SMILES string of the molecule is Cc1cccc2ccnc(N3CCC[C@](C#CCCCO)(NC(=O)c4ccccc4)C3)c12. The topological polar surface area (TPSA) is 65.5 Å². The van der Waals surface area contributed by atoms with Gasteiger partial charge in [-0.25, -0.2) is 4.98 Å². The molecule has 5 nitrogen and oxygen atoms in total. The monoisotopic (exact) mass is 427 g/mol. The quantitative estimate of drug-likeness (QED) is 0.476. The van der Waals surface area contributed by atoms with Gasteiger partial charge in [-0.15, -0.1) is 5.92 Å². The van der Waals surface area contributed by atoms with Crippen LogP contribution in [0.15, 0.2) is 60.8 Å². The molecule has 4 rings (SSSR count). The average molecular weight is 428 g/mol. The van der Waals surface area contributed by atoms with Crippen LogP contribution in [0.5, 0.6) is 0 Å². The number of fused-ring (bicyclic) bond motifs is 1. The third-order valence-electron chi connectivity index (χ3n) is 5.95. The minimum Gasteiger partial charge on any atom is -0.396 e. The normalized spacial score (nSPS) is 18.1. The Morgan fingerprint density at radius 1 is 1.19 bits per heavy atom. The number of aryl methyl sites for hydroxylation is 1. The maximum atomic E-state index is 13.1. The van der Waals surface area contributed by atoms with Crippen molar-refractivity contribution in [3.05, 3.63) is 71.9 Å². The van der Waals surface area contributed by atoms with Gasteiger partial charge in [0.25, 0.3) is 5.91 Å². The molecule has 0 spiro atoms. The summed E-state index contributed by atoms with van der Waals surface area (Å²) < 4.78 is 0. The van der Waals surface area contributed by atoms with Crippen LogP contribution in [0.1, 0.15) is 41.6 Å². The number of rotatable bonds is 5. The number of piperidine rings is 1. The third kappa shape index (κ3) is 4.76. The lowest BCUT2D eigenvalue weighted by molar-refractivity contribution is 0.0913. The number of carbonyl (C=O) groups is 1. The molecule has 0 unspecified atom stereocenters. The highest BCUT2D eigenvalue weighted by atomic mass is 16.2. The summed E-state index contributed by atoms with van der Waals surface area (Å²) in [6, 6.07) is 17.6. The number of nitrogens with one attached hydrogen (secondary N) is 1. The molecule has 32 heavy (non-hydrogen) atoms. The lowest BCUT2D eigenvalue weighted by Crippen LogP contribution is -2.58. The number of benzene rings is 2. The zero-order valence-electron chi connectivity index (χ0n) is 18.5. The lowest BCUT2D eigenvalue weighted by atomic mass is 9.88. The Hall–Kier alpha value is -3.36. The van der Waals surface area contributed by atoms with Gasteiger partial charge in [0, 0.05) is 36.7 Å². The molecule has 2 heterocycles. The van der Waals surface area contributed by atoms with Crippen LogP contribution in [0, 0.1) is 18.8 Å². The first-order chi connectivity index (χ1) is 15.6. The van der Waals surface area contributed by atoms with E-state index in [2.05, 4.69) is 47.2 Å². The molecule has 2 aromatic carbocycles. The van der Waals surface area contributed by atoms with Crippen molar-refractivity contribution >= 4 is 22.5 Å². The second-order valence-electron chi connectivity index (χ2n) is 8.36. The first kappa shape index (κ1) is 21.9. The van der Waals surface area contributed by atoms with E-state index in [-0.39, 0.29) is 12.5 Å². The number of hydrogen-bond acceptors (Lipinski definition) is 4. The number of nitrogens with zero attached hydrogens (tertiary/aromatic N) is 2. The van der Waals surface area contributed by atoms with Gasteiger partial charge in [-0.2, -0.15) is 0 Å². The van der Waals surface area contributed by atoms with Gasteiger partial charge in [0.15, 0.2) is 0 Å². The summed E-state index contributed by atoms with van der Waals surface area (Å²) in [5, 5.41) is 14.7. The second kappa shape index (κ2) is 9.84. The third-order valence-corrected chi connectivity index (χ3v) is 5.95. The minimum atomic E-state index is -0.673. The van der Waals surface area contributed by atoms with E-state index in [1.807, 2.05) is 42.6 Å². The number of aliphatic hydroxyl groups excluding tert-OH is 1. The Morgan fingerprint density at radius 3 is 2.84 bits per heavy atom. The van der Waals surface area contributed by atoms with Crippen LogP contribution in [0.4, 0.5) is 5.82 Å². The Bertz CT molecular complexity index is 1140. The molecule has 0 aliphatic carbocycles. The van der Waals surface area contributed by atoms with Gasteiger partial charge in [-0.1, -0.05) is 42.3 Å². The smallest absolute Gasteiger partial charge is 0.252 e. The molecule has 0 saturated carbocycles. The first-order valence-corrected chi connectivity index (χ1v) is 11.2. The molecule has 1 saturated heterocycles. The van der Waals surface area contributed by atoms with E-state index in [0.29, 0.717) is 24.9 Å². The summed E-state index contributed by atoms with van der Waals surface area (Å²) in [7, 11) is 0.